The molecule has 0 saturated carbocycles. The van der Waals surface area contributed by atoms with Gasteiger partial charge in [0.2, 0.25) is 11.8 Å². The molecule has 172 valence electrons. The molecule has 1 unspecified atom stereocenters. The molecule has 1 aliphatic rings. The number of amides is 2. The first-order chi connectivity index (χ1) is 15.9. The van der Waals surface area contributed by atoms with Crippen LogP contribution in [0.15, 0.2) is 54.7 Å². The zero-order valence-electron chi connectivity index (χ0n) is 19.4. The van der Waals surface area contributed by atoms with Gasteiger partial charge in [-0.15, -0.1) is 0 Å². The maximum absolute atomic E-state index is 12.7. The number of benzene rings is 1. The molecule has 33 heavy (non-hydrogen) atoms. The number of nitrogens with one attached hydrogen (secondary N) is 2. The van der Waals surface area contributed by atoms with Gasteiger partial charge in [-0.05, 0) is 81.2 Å². The Kier molecular flexibility index (Phi) is 6.89. The Morgan fingerprint density at radius 2 is 1.97 bits per heavy atom. The predicted molar refractivity (Wildman–Crippen MR) is 132 cm³/mol. The molecular formula is C26H31N5O2. The van der Waals surface area contributed by atoms with Crippen LogP contribution in [0.3, 0.4) is 0 Å². The summed E-state index contributed by atoms with van der Waals surface area (Å²) in [5.41, 5.74) is 2.85. The van der Waals surface area contributed by atoms with Gasteiger partial charge >= 0.3 is 0 Å². The Balaban J connectivity index is 1.33. The van der Waals surface area contributed by atoms with Crippen LogP contribution in [0.25, 0.3) is 17.0 Å². The van der Waals surface area contributed by atoms with E-state index in [0.29, 0.717) is 5.82 Å². The minimum atomic E-state index is -0.0965. The number of fused-ring (bicyclic) bond motifs is 1. The lowest BCUT2D eigenvalue weighted by Crippen LogP contribution is -2.36. The van der Waals surface area contributed by atoms with Crippen LogP contribution >= 0.6 is 0 Å². The molecule has 0 radical (unpaired) electrons. The number of anilines is 1. The minimum Gasteiger partial charge on any atom is -0.357 e. The summed E-state index contributed by atoms with van der Waals surface area (Å²) in [4.78, 5) is 36.8. The summed E-state index contributed by atoms with van der Waals surface area (Å²) in [6, 6.07) is 13.7. The monoisotopic (exact) mass is 445 g/mol. The van der Waals surface area contributed by atoms with Crippen molar-refractivity contribution in [2.45, 2.75) is 25.8 Å². The summed E-state index contributed by atoms with van der Waals surface area (Å²) in [6.07, 6.45) is 6.69. The predicted octanol–water partition coefficient (Wildman–Crippen LogP) is 4.08. The van der Waals surface area contributed by atoms with Gasteiger partial charge in [-0.25, -0.2) is 4.98 Å². The van der Waals surface area contributed by atoms with Crippen molar-refractivity contribution in [1.82, 2.24) is 19.8 Å². The molecule has 1 saturated heterocycles. The number of likely N-dealkylation sites (tertiary alicyclic amines) is 1. The van der Waals surface area contributed by atoms with E-state index in [9.17, 15) is 9.59 Å². The van der Waals surface area contributed by atoms with Gasteiger partial charge in [0, 0.05) is 36.4 Å². The lowest BCUT2D eigenvalue weighted by atomic mass is 9.96. The number of carbonyl (C=O) groups is 2. The first kappa shape index (κ1) is 22.7. The fourth-order valence-corrected chi connectivity index (χ4v) is 4.08. The van der Waals surface area contributed by atoms with Gasteiger partial charge in [-0.3, -0.25) is 9.59 Å². The van der Waals surface area contributed by atoms with Crippen LogP contribution in [0.1, 0.15) is 37.1 Å². The fraction of sp³-hybridized carbons (Fsp3) is 0.346. The molecule has 7 nitrogen and oxygen atoms in total. The number of pyridine rings is 1. The summed E-state index contributed by atoms with van der Waals surface area (Å²) < 4.78 is 0. The van der Waals surface area contributed by atoms with Crippen LogP contribution in [-0.2, 0) is 9.59 Å². The number of likely N-dealkylation sites (N-methyl/N-ethyl adjacent to an activating group) is 1. The van der Waals surface area contributed by atoms with Gasteiger partial charge in [0.05, 0.1) is 6.04 Å². The van der Waals surface area contributed by atoms with Crippen LogP contribution in [0.2, 0.25) is 0 Å². The Labute approximate surface area is 194 Å². The van der Waals surface area contributed by atoms with Gasteiger partial charge in [0.1, 0.15) is 5.82 Å². The van der Waals surface area contributed by atoms with Crippen LogP contribution in [0.4, 0.5) is 5.82 Å². The quantitative estimate of drug-likeness (QED) is 0.561. The molecule has 1 aliphatic heterocycles. The normalized spacial score (nSPS) is 16.2. The lowest BCUT2D eigenvalue weighted by Gasteiger charge is -2.27. The summed E-state index contributed by atoms with van der Waals surface area (Å²) in [5.74, 6) is 0.504. The van der Waals surface area contributed by atoms with Crippen molar-refractivity contribution in [2.24, 2.45) is 5.92 Å². The molecule has 2 N–H and O–H groups in total. The van der Waals surface area contributed by atoms with E-state index in [4.69, 9.17) is 0 Å². The molecule has 1 atom stereocenters. The number of piperidine rings is 1. The van der Waals surface area contributed by atoms with Crippen molar-refractivity contribution in [3.8, 4) is 0 Å². The van der Waals surface area contributed by atoms with Crippen LogP contribution < -0.4 is 5.32 Å². The van der Waals surface area contributed by atoms with Crippen molar-refractivity contribution in [2.75, 3.05) is 32.5 Å². The van der Waals surface area contributed by atoms with E-state index < -0.39 is 0 Å². The van der Waals surface area contributed by atoms with E-state index in [1.807, 2.05) is 31.2 Å². The third-order valence-corrected chi connectivity index (χ3v) is 6.47. The Bertz CT molecular complexity index is 1110. The second kappa shape index (κ2) is 10.0. The largest absolute Gasteiger partial charge is 0.357 e. The summed E-state index contributed by atoms with van der Waals surface area (Å²) in [7, 11) is 3.87. The van der Waals surface area contributed by atoms with Gasteiger partial charge in [0.15, 0.2) is 0 Å². The van der Waals surface area contributed by atoms with Gasteiger partial charge in [-0.1, -0.05) is 18.2 Å². The van der Waals surface area contributed by atoms with Crippen LogP contribution in [0.5, 0.6) is 0 Å². The maximum atomic E-state index is 12.7. The van der Waals surface area contributed by atoms with Crippen LogP contribution in [-0.4, -0.2) is 58.8 Å². The van der Waals surface area contributed by atoms with E-state index in [2.05, 4.69) is 39.4 Å². The molecule has 1 fully saturated rings. The molecule has 2 aromatic heterocycles. The molecule has 0 spiro atoms. The molecular weight excluding hydrogens is 414 g/mol. The van der Waals surface area contributed by atoms with Gasteiger partial charge in [0.25, 0.3) is 0 Å². The Hall–Kier alpha value is -3.45. The SMILES string of the molecule is CC(c1cc2ccccc2[nH]1)N(C)C(=O)/C=C/c1ccc(NC(=O)C2CCN(C)CC2)nc1. The van der Waals surface area contributed by atoms with Crippen molar-refractivity contribution in [3.63, 3.8) is 0 Å². The number of rotatable bonds is 6. The Morgan fingerprint density at radius 1 is 1.21 bits per heavy atom. The van der Waals surface area contributed by atoms with E-state index >= 15 is 0 Å². The first-order valence-corrected chi connectivity index (χ1v) is 11.4. The Morgan fingerprint density at radius 3 is 2.67 bits per heavy atom. The zero-order valence-corrected chi connectivity index (χ0v) is 19.4. The van der Waals surface area contributed by atoms with Crippen molar-refractivity contribution in [3.05, 3.63) is 66.0 Å². The van der Waals surface area contributed by atoms with Gasteiger partial charge in [-0.2, -0.15) is 0 Å². The number of para-hydroxylation sites is 1. The van der Waals surface area contributed by atoms with E-state index in [-0.39, 0.29) is 23.8 Å². The maximum Gasteiger partial charge on any atom is 0.246 e. The van der Waals surface area contributed by atoms with Crippen molar-refractivity contribution < 1.29 is 9.59 Å². The highest BCUT2D eigenvalue weighted by Gasteiger charge is 2.23. The highest BCUT2D eigenvalue weighted by molar-refractivity contribution is 5.93. The number of H-pyrrole nitrogens is 1. The molecule has 3 heterocycles. The zero-order chi connectivity index (χ0) is 23.4. The third-order valence-electron chi connectivity index (χ3n) is 6.47. The number of aromatic nitrogens is 2. The molecule has 7 heteroatoms. The van der Waals surface area contributed by atoms with E-state index in [0.717, 1.165) is 48.1 Å². The molecule has 0 bridgehead atoms. The van der Waals surface area contributed by atoms with Gasteiger partial charge < -0.3 is 20.1 Å². The molecule has 3 aromatic rings. The molecule has 1 aromatic carbocycles. The second-order valence-corrected chi connectivity index (χ2v) is 8.81. The van der Waals surface area contributed by atoms with E-state index in [1.54, 1.807) is 36.4 Å². The standard InChI is InChI=1S/C26H31N5O2/c1-18(23-16-21-6-4-5-7-22(21)28-23)31(3)25(32)11-9-19-8-10-24(27-17-19)29-26(33)20-12-14-30(2)15-13-20/h4-11,16-18,20,28H,12-15H2,1-3H3,(H,27,29,33)/b11-9+. The first-order valence-electron chi connectivity index (χ1n) is 11.4. The topological polar surface area (TPSA) is 81.3 Å². The smallest absolute Gasteiger partial charge is 0.246 e. The number of hydrogen-bond donors (Lipinski definition) is 2. The summed E-state index contributed by atoms with van der Waals surface area (Å²) in [6.45, 7) is 3.88. The number of nitrogens with zero attached hydrogens (tertiary/aromatic N) is 3. The molecule has 0 aliphatic carbocycles. The minimum absolute atomic E-state index is 0.0293. The number of hydrogen-bond acceptors (Lipinski definition) is 4. The molecule has 4 rings (SSSR count). The third kappa shape index (κ3) is 5.49. The average Bonchev–Trinajstić information content (AvgIpc) is 3.27. The highest BCUT2D eigenvalue weighted by Crippen LogP contribution is 2.23. The number of aromatic amines is 1. The number of carbonyl (C=O) groups excluding carboxylic acids is 2. The van der Waals surface area contributed by atoms with Crippen molar-refractivity contribution in [1.29, 1.82) is 0 Å². The van der Waals surface area contributed by atoms with E-state index in [1.165, 1.54) is 0 Å². The van der Waals surface area contributed by atoms with Crippen molar-refractivity contribution >= 4 is 34.6 Å². The van der Waals surface area contributed by atoms with Crippen LogP contribution in [0, 0.1) is 5.92 Å². The fourth-order valence-electron chi connectivity index (χ4n) is 4.08. The highest BCUT2D eigenvalue weighted by atomic mass is 16.2. The summed E-state index contributed by atoms with van der Waals surface area (Å²) >= 11 is 0. The molecule has 2 amide bonds. The average molecular weight is 446 g/mol. The summed E-state index contributed by atoms with van der Waals surface area (Å²) in [5, 5.41) is 4.04. The second-order valence-electron chi connectivity index (χ2n) is 8.81. The lowest BCUT2D eigenvalue weighted by molar-refractivity contribution is -0.126.